The number of hydrazine groups is 1. The van der Waals surface area contributed by atoms with Gasteiger partial charge in [0.25, 0.3) is 0 Å². The van der Waals surface area contributed by atoms with Gasteiger partial charge < -0.3 is 4.42 Å². The summed E-state index contributed by atoms with van der Waals surface area (Å²) in [6.07, 6.45) is 0. The van der Waals surface area contributed by atoms with E-state index in [0.717, 1.165) is 26.4 Å². The number of hydrogen-bond donors (Lipinski definition) is 2. The molecule has 100 valence electrons. The number of carbonyl (C=O) groups is 1. The van der Waals surface area contributed by atoms with E-state index in [9.17, 15) is 4.79 Å². The van der Waals surface area contributed by atoms with E-state index < -0.39 is 5.91 Å². The van der Waals surface area contributed by atoms with E-state index in [1.165, 1.54) is 0 Å². The van der Waals surface area contributed by atoms with Gasteiger partial charge >= 0.3 is 5.91 Å². The number of nitrogens with two attached hydrogens (primary N) is 1. The lowest BCUT2D eigenvalue weighted by Gasteiger charge is -2.02. The minimum atomic E-state index is -0.416. The first-order valence-corrected chi connectivity index (χ1v) is 7.37. The lowest BCUT2D eigenvalue weighted by Crippen LogP contribution is -2.29. The summed E-state index contributed by atoms with van der Waals surface area (Å²) < 4.78 is 6.43. The van der Waals surface area contributed by atoms with Crippen LogP contribution in [0.15, 0.2) is 44.1 Å². The summed E-state index contributed by atoms with van der Waals surface area (Å²) in [4.78, 5) is 12.5. The Kier molecular flexibility index (Phi) is 4.68. The molecule has 19 heavy (non-hydrogen) atoms. The molecular weight excluding hydrogens is 328 g/mol. The van der Waals surface area contributed by atoms with Crippen LogP contribution < -0.4 is 11.3 Å². The first-order valence-electron chi connectivity index (χ1n) is 5.59. The van der Waals surface area contributed by atoms with Crippen LogP contribution in [-0.2, 0) is 5.75 Å². The Hall–Kier alpha value is -1.24. The van der Waals surface area contributed by atoms with E-state index in [-0.39, 0.29) is 5.76 Å². The number of amides is 1. The standard InChI is InChI=1S/C13H13BrN2O2S/c1-8-9(6-11(18-8)13(17)16-15)7-19-12-5-3-2-4-10(12)14/h2-6H,7,15H2,1H3,(H,16,17). The number of nitrogen functional groups attached to an aromatic ring is 1. The molecular formula is C13H13BrN2O2S. The van der Waals surface area contributed by atoms with Crippen LogP contribution in [0.2, 0.25) is 0 Å². The van der Waals surface area contributed by atoms with Crippen molar-refractivity contribution in [2.24, 2.45) is 5.84 Å². The van der Waals surface area contributed by atoms with Gasteiger partial charge in [0, 0.05) is 20.7 Å². The summed E-state index contributed by atoms with van der Waals surface area (Å²) in [6, 6.07) is 9.72. The van der Waals surface area contributed by atoms with Crippen LogP contribution in [0.3, 0.4) is 0 Å². The molecule has 0 aliphatic heterocycles. The quantitative estimate of drug-likeness (QED) is 0.388. The summed E-state index contributed by atoms with van der Waals surface area (Å²) >= 11 is 5.18. The first-order chi connectivity index (χ1) is 9.11. The molecule has 0 radical (unpaired) electrons. The van der Waals surface area contributed by atoms with Crippen LogP contribution in [0.5, 0.6) is 0 Å². The van der Waals surface area contributed by atoms with Crippen molar-refractivity contribution in [3.63, 3.8) is 0 Å². The molecule has 0 spiro atoms. The molecule has 6 heteroatoms. The highest BCUT2D eigenvalue weighted by Gasteiger charge is 2.13. The minimum absolute atomic E-state index is 0.239. The molecule has 2 rings (SSSR count). The van der Waals surface area contributed by atoms with E-state index in [1.54, 1.807) is 17.8 Å². The Morgan fingerprint density at radius 1 is 1.47 bits per heavy atom. The van der Waals surface area contributed by atoms with Gasteiger partial charge in [-0.05, 0) is 41.1 Å². The number of nitrogens with one attached hydrogen (secondary N) is 1. The average molecular weight is 341 g/mol. The molecule has 1 aromatic heterocycles. The third-order valence-corrected chi connectivity index (χ3v) is 4.67. The van der Waals surface area contributed by atoms with Crippen LogP contribution in [0.4, 0.5) is 0 Å². The van der Waals surface area contributed by atoms with Crippen molar-refractivity contribution in [3.8, 4) is 0 Å². The van der Waals surface area contributed by atoms with Gasteiger partial charge in [-0.15, -0.1) is 11.8 Å². The average Bonchev–Trinajstić information content (AvgIpc) is 2.78. The number of rotatable bonds is 4. The summed E-state index contributed by atoms with van der Waals surface area (Å²) in [5.74, 6) is 6.37. The van der Waals surface area contributed by atoms with Gasteiger partial charge in [0.1, 0.15) is 5.76 Å². The van der Waals surface area contributed by atoms with Crippen LogP contribution >= 0.6 is 27.7 Å². The van der Waals surface area contributed by atoms with E-state index in [4.69, 9.17) is 10.3 Å². The van der Waals surface area contributed by atoms with Gasteiger partial charge in [-0.1, -0.05) is 12.1 Å². The van der Waals surface area contributed by atoms with Crippen LogP contribution in [0.1, 0.15) is 21.9 Å². The fourth-order valence-corrected chi connectivity index (χ4v) is 3.17. The maximum Gasteiger partial charge on any atom is 0.300 e. The maximum atomic E-state index is 11.4. The fourth-order valence-electron chi connectivity index (χ4n) is 1.56. The second-order valence-corrected chi connectivity index (χ2v) is 5.76. The van der Waals surface area contributed by atoms with Crippen LogP contribution in [-0.4, -0.2) is 5.91 Å². The van der Waals surface area contributed by atoms with Gasteiger partial charge in [-0.2, -0.15) is 0 Å². The molecule has 2 aromatic rings. The van der Waals surface area contributed by atoms with E-state index in [1.807, 2.05) is 31.2 Å². The minimum Gasteiger partial charge on any atom is -0.456 e. The van der Waals surface area contributed by atoms with E-state index in [0.29, 0.717) is 0 Å². The monoisotopic (exact) mass is 340 g/mol. The first kappa shape index (κ1) is 14.2. The molecule has 3 N–H and O–H groups in total. The van der Waals surface area contributed by atoms with E-state index in [2.05, 4.69) is 21.4 Å². The third kappa shape index (κ3) is 3.40. The highest BCUT2D eigenvalue weighted by atomic mass is 79.9. The predicted molar refractivity (Wildman–Crippen MR) is 78.8 cm³/mol. The highest BCUT2D eigenvalue weighted by molar-refractivity contribution is 9.10. The van der Waals surface area contributed by atoms with Crippen molar-refractivity contribution in [1.82, 2.24) is 5.43 Å². The lowest BCUT2D eigenvalue weighted by molar-refractivity contribution is 0.0924. The number of furan rings is 1. The smallest absolute Gasteiger partial charge is 0.300 e. The van der Waals surface area contributed by atoms with Gasteiger partial charge in [0.05, 0.1) is 0 Å². The summed E-state index contributed by atoms with van der Waals surface area (Å²) in [5.41, 5.74) is 3.04. The van der Waals surface area contributed by atoms with Gasteiger partial charge in [-0.3, -0.25) is 10.2 Å². The topological polar surface area (TPSA) is 68.3 Å². The number of carbonyl (C=O) groups excluding carboxylic acids is 1. The predicted octanol–water partition coefficient (Wildman–Crippen LogP) is 3.25. The molecule has 0 saturated heterocycles. The molecule has 0 unspecified atom stereocenters. The van der Waals surface area contributed by atoms with Crippen molar-refractivity contribution >= 4 is 33.6 Å². The van der Waals surface area contributed by atoms with Gasteiger partial charge in [-0.25, -0.2) is 5.84 Å². The Balaban J connectivity index is 2.10. The molecule has 1 aromatic carbocycles. The molecule has 0 fully saturated rings. The zero-order valence-corrected chi connectivity index (χ0v) is 12.7. The Morgan fingerprint density at radius 2 is 2.21 bits per heavy atom. The van der Waals surface area contributed by atoms with Gasteiger partial charge in [0.15, 0.2) is 5.76 Å². The number of aryl methyl sites for hydroxylation is 1. The Morgan fingerprint density at radius 3 is 2.89 bits per heavy atom. The second-order valence-electron chi connectivity index (χ2n) is 3.88. The highest BCUT2D eigenvalue weighted by Crippen LogP contribution is 2.31. The Bertz CT molecular complexity index is 598. The molecule has 0 aliphatic rings. The molecule has 1 heterocycles. The molecule has 0 aliphatic carbocycles. The largest absolute Gasteiger partial charge is 0.456 e. The number of thioether (sulfide) groups is 1. The number of benzene rings is 1. The van der Waals surface area contributed by atoms with Crippen LogP contribution in [0.25, 0.3) is 0 Å². The molecule has 0 bridgehead atoms. The molecule has 4 nitrogen and oxygen atoms in total. The maximum absolute atomic E-state index is 11.4. The summed E-state index contributed by atoms with van der Waals surface area (Å²) in [6.45, 7) is 1.84. The molecule has 0 atom stereocenters. The normalized spacial score (nSPS) is 10.5. The van der Waals surface area contributed by atoms with Crippen LogP contribution in [0, 0.1) is 6.92 Å². The SMILES string of the molecule is Cc1oc(C(=O)NN)cc1CSc1ccccc1Br. The van der Waals surface area contributed by atoms with Crippen molar-refractivity contribution in [3.05, 3.63) is 51.9 Å². The number of hydrogen-bond acceptors (Lipinski definition) is 4. The fraction of sp³-hybridized carbons (Fsp3) is 0.154. The Labute approximate surface area is 123 Å². The van der Waals surface area contributed by atoms with Crippen molar-refractivity contribution in [1.29, 1.82) is 0 Å². The third-order valence-electron chi connectivity index (χ3n) is 2.60. The zero-order chi connectivity index (χ0) is 13.8. The molecule has 0 saturated carbocycles. The van der Waals surface area contributed by atoms with Crippen molar-refractivity contribution in [2.45, 2.75) is 17.6 Å². The number of halogens is 1. The molecule has 1 amide bonds. The zero-order valence-electron chi connectivity index (χ0n) is 10.3. The summed E-state index contributed by atoms with van der Waals surface area (Å²) in [7, 11) is 0. The lowest BCUT2D eigenvalue weighted by atomic mass is 10.3. The van der Waals surface area contributed by atoms with Crippen molar-refractivity contribution < 1.29 is 9.21 Å². The van der Waals surface area contributed by atoms with Crippen molar-refractivity contribution in [2.75, 3.05) is 0 Å². The second kappa shape index (κ2) is 6.27. The van der Waals surface area contributed by atoms with E-state index >= 15 is 0 Å². The van der Waals surface area contributed by atoms with Gasteiger partial charge in [0.2, 0.25) is 0 Å². The summed E-state index contributed by atoms with van der Waals surface area (Å²) in [5, 5.41) is 0.